The largest absolute Gasteiger partial charge is 0.388 e. The molecule has 0 aromatic carbocycles. The maximum absolute atomic E-state index is 11.5. The smallest absolute Gasteiger partial charge is 0.239 e. The van der Waals surface area contributed by atoms with Gasteiger partial charge in [-0.05, 0) is 20.3 Å². The minimum absolute atomic E-state index is 0.180. The molecule has 4 nitrogen and oxygen atoms in total. The van der Waals surface area contributed by atoms with E-state index in [1.807, 2.05) is 6.07 Å². The summed E-state index contributed by atoms with van der Waals surface area (Å²) in [7, 11) is 0. The normalized spacial score (nSPS) is 29.8. The van der Waals surface area contributed by atoms with Gasteiger partial charge >= 0.3 is 0 Å². The summed E-state index contributed by atoms with van der Waals surface area (Å²) in [6.45, 7) is 4.18. The van der Waals surface area contributed by atoms with E-state index in [-0.39, 0.29) is 5.91 Å². The number of nitriles is 1. The lowest BCUT2D eigenvalue weighted by molar-refractivity contribution is -0.133. The van der Waals surface area contributed by atoms with Crippen LogP contribution in [0, 0.1) is 17.2 Å². The van der Waals surface area contributed by atoms with E-state index in [4.69, 9.17) is 5.26 Å². The first-order valence-electron chi connectivity index (χ1n) is 4.37. The first-order chi connectivity index (χ1) is 5.96. The van der Waals surface area contributed by atoms with Crippen molar-refractivity contribution in [1.29, 1.82) is 5.26 Å². The molecule has 72 valence electrons. The van der Waals surface area contributed by atoms with Crippen molar-refractivity contribution in [2.24, 2.45) is 5.92 Å². The number of carbonyl (C=O) groups excluding carboxylic acids is 1. The lowest BCUT2D eigenvalue weighted by Crippen LogP contribution is -2.36. The van der Waals surface area contributed by atoms with Crippen LogP contribution in [-0.2, 0) is 4.79 Å². The highest BCUT2D eigenvalue weighted by Gasteiger charge is 2.35. The summed E-state index contributed by atoms with van der Waals surface area (Å²) in [6.07, 6.45) is 0.594. The topological polar surface area (TPSA) is 64.3 Å². The summed E-state index contributed by atoms with van der Waals surface area (Å²) < 4.78 is 0. The molecule has 0 aromatic heterocycles. The van der Waals surface area contributed by atoms with Gasteiger partial charge in [-0.2, -0.15) is 5.26 Å². The Balaban J connectivity index is 2.58. The summed E-state index contributed by atoms with van der Waals surface area (Å²) in [6, 6.07) is 1.90. The van der Waals surface area contributed by atoms with E-state index in [0.29, 0.717) is 19.5 Å². The molecule has 0 saturated carbocycles. The van der Waals surface area contributed by atoms with E-state index < -0.39 is 11.5 Å². The molecule has 0 spiro atoms. The molecule has 0 aliphatic carbocycles. The van der Waals surface area contributed by atoms with E-state index in [2.05, 4.69) is 0 Å². The molecule has 13 heavy (non-hydrogen) atoms. The summed E-state index contributed by atoms with van der Waals surface area (Å²) in [5, 5.41) is 18.1. The van der Waals surface area contributed by atoms with Gasteiger partial charge in [-0.1, -0.05) is 0 Å². The maximum Gasteiger partial charge on any atom is 0.239 e. The van der Waals surface area contributed by atoms with Gasteiger partial charge in [0.1, 0.15) is 5.92 Å². The molecule has 1 fully saturated rings. The summed E-state index contributed by atoms with van der Waals surface area (Å²) in [5.74, 6) is -0.783. The number of amides is 1. The molecule has 2 unspecified atom stereocenters. The minimum Gasteiger partial charge on any atom is -0.388 e. The number of likely N-dealkylation sites (tertiary alicyclic amines) is 1. The maximum atomic E-state index is 11.5. The van der Waals surface area contributed by atoms with Gasteiger partial charge in [0.2, 0.25) is 5.91 Å². The Hall–Kier alpha value is -1.08. The average Bonchev–Trinajstić information content (AvgIpc) is 2.43. The van der Waals surface area contributed by atoms with Crippen LogP contribution in [0.15, 0.2) is 0 Å². The zero-order chi connectivity index (χ0) is 10.1. The van der Waals surface area contributed by atoms with Crippen molar-refractivity contribution in [3.8, 4) is 6.07 Å². The molecule has 0 bridgehead atoms. The van der Waals surface area contributed by atoms with E-state index in [1.165, 1.54) is 0 Å². The van der Waals surface area contributed by atoms with Gasteiger partial charge in [0.25, 0.3) is 0 Å². The molecule has 1 aliphatic heterocycles. The standard InChI is InChI=1S/C9H14N2O2/c1-7(5-10)8(12)11-4-3-9(2,13)6-11/h7,13H,3-4,6H2,1-2H3. The van der Waals surface area contributed by atoms with Gasteiger partial charge in [-0.15, -0.1) is 0 Å². The number of β-amino-alcohol motifs (C(OH)–C–C–N with tert-alkyl or cyclic N) is 1. The third-order valence-electron chi connectivity index (χ3n) is 2.33. The molecule has 1 N–H and O–H groups in total. The van der Waals surface area contributed by atoms with Crippen molar-refractivity contribution in [2.45, 2.75) is 25.9 Å². The summed E-state index contributed by atoms with van der Waals surface area (Å²) in [4.78, 5) is 13.0. The molecule has 1 aliphatic rings. The number of hydrogen-bond acceptors (Lipinski definition) is 3. The Morgan fingerprint density at radius 2 is 2.38 bits per heavy atom. The van der Waals surface area contributed by atoms with Crippen molar-refractivity contribution in [3.63, 3.8) is 0 Å². The highest BCUT2D eigenvalue weighted by Crippen LogP contribution is 2.21. The first-order valence-corrected chi connectivity index (χ1v) is 4.37. The van der Waals surface area contributed by atoms with Crippen molar-refractivity contribution >= 4 is 5.91 Å². The van der Waals surface area contributed by atoms with Crippen molar-refractivity contribution in [2.75, 3.05) is 13.1 Å². The van der Waals surface area contributed by atoms with Crippen LogP contribution >= 0.6 is 0 Å². The molecule has 1 rings (SSSR count). The Morgan fingerprint density at radius 3 is 2.77 bits per heavy atom. The second-order valence-corrected chi connectivity index (χ2v) is 3.86. The first kappa shape index (κ1) is 10.0. The van der Waals surface area contributed by atoms with E-state index in [1.54, 1.807) is 18.7 Å². The quantitative estimate of drug-likeness (QED) is 0.627. The lowest BCUT2D eigenvalue weighted by atomic mass is 10.1. The third-order valence-corrected chi connectivity index (χ3v) is 2.33. The molecular weight excluding hydrogens is 168 g/mol. The second kappa shape index (κ2) is 3.35. The predicted octanol–water partition coefficient (Wildman–Crippen LogP) is 0.129. The summed E-state index contributed by atoms with van der Waals surface area (Å²) >= 11 is 0. The lowest BCUT2D eigenvalue weighted by Gasteiger charge is -2.19. The monoisotopic (exact) mass is 182 g/mol. The molecular formula is C9H14N2O2. The minimum atomic E-state index is -0.773. The zero-order valence-corrected chi connectivity index (χ0v) is 7.95. The van der Waals surface area contributed by atoms with Crippen molar-refractivity contribution < 1.29 is 9.90 Å². The second-order valence-electron chi connectivity index (χ2n) is 3.86. The Labute approximate surface area is 77.8 Å². The van der Waals surface area contributed by atoms with E-state index in [0.717, 1.165) is 0 Å². The van der Waals surface area contributed by atoms with E-state index >= 15 is 0 Å². The molecule has 2 atom stereocenters. The van der Waals surface area contributed by atoms with Crippen LogP contribution < -0.4 is 0 Å². The van der Waals surface area contributed by atoms with Crippen LogP contribution in [0.3, 0.4) is 0 Å². The van der Waals surface area contributed by atoms with Crippen LogP contribution in [0.4, 0.5) is 0 Å². The molecule has 0 radical (unpaired) electrons. The fraction of sp³-hybridized carbons (Fsp3) is 0.778. The van der Waals surface area contributed by atoms with Gasteiger partial charge in [0.15, 0.2) is 0 Å². The Kier molecular flexibility index (Phi) is 2.58. The summed E-state index contributed by atoms with van der Waals surface area (Å²) in [5.41, 5.74) is -0.773. The van der Waals surface area contributed by atoms with Gasteiger partial charge in [-0.3, -0.25) is 4.79 Å². The number of nitrogens with zero attached hydrogens (tertiary/aromatic N) is 2. The van der Waals surface area contributed by atoms with Gasteiger partial charge in [-0.25, -0.2) is 0 Å². The number of rotatable bonds is 1. The van der Waals surface area contributed by atoms with Crippen LogP contribution in [0.2, 0.25) is 0 Å². The molecule has 0 aromatic rings. The van der Waals surface area contributed by atoms with Crippen LogP contribution in [-0.4, -0.2) is 34.6 Å². The molecule has 1 heterocycles. The molecule has 1 amide bonds. The molecule has 4 heteroatoms. The highest BCUT2D eigenvalue weighted by atomic mass is 16.3. The average molecular weight is 182 g/mol. The fourth-order valence-corrected chi connectivity index (χ4v) is 1.46. The third kappa shape index (κ3) is 2.19. The zero-order valence-electron chi connectivity index (χ0n) is 7.95. The number of carbonyl (C=O) groups is 1. The van der Waals surface area contributed by atoms with Crippen LogP contribution in [0.1, 0.15) is 20.3 Å². The SMILES string of the molecule is CC(C#N)C(=O)N1CCC(C)(O)C1. The van der Waals surface area contributed by atoms with Crippen molar-refractivity contribution in [3.05, 3.63) is 0 Å². The van der Waals surface area contributed by atoms with Gasteiger partial charge in [0.05, 0.1) is 11.7 Å². The molecule has 1 saturated heterocycles. The number of aliphatic hydroxyl groups is 1. The van der Waals surface area contributed by atoms with Crippen LogP contribution in [0.5, 0.6) is 0 Å². The van der Waals surface area contributed by atoms with Gasteiger partial charge < -0.3 is 10.0 Å². The number of hydrogen-bond donors (Lipinski definition) is 1. The Bertz CT molecular complexity index is 255. The Morgan fingerprint density at radius 1 is 1.77 bits per heavy atom. The van der Waals surface area contributed by atoms with Crippen LogP contribution in [0.25, 0.3) is 0 Å². The van der Waals surface area contributed by atoms with E-state index in [9.17, 15) is 9.90 Å². The van der Waals surface area contributed by atoms with Crippen molar-refractivity contribution in [1.82, 2.24) is 4.90 Å². The fourth-order valence-electron chi connectivity index (χ4n) is 1.46. The highest BCUT2D eigenvalue weighted by molar-refractivity contribution is 5.81. The predicted molar refractivity (Wildman–Crippen MR) is 46.6 cm³/mol. The van der Waals surface area contributed by atoms with Gasteiger partial charge in [0, 0.05) is 13.1 Å².